The highest BCUT2D eigenvalue weighted by molar-refractivity contribution is 7.99. The summed E-state index contributed by atoms with van der Waals surface area (Å²) in [5.74, 6) is 0.0865. The van der Waals surface area contributed by atoms with Crippen molar-refractivity contribution in [2.45, 2.75) is 63.3 Å². The molecule has 8 heteroatoms. The number of hydrogen-bond donors (Lipinski definition) is 3. The van der Waals surface area contributed by atoms with Gasteiger partial charge in [0.25, 0.3) is 5.91 Å². The van der Waals surface area contributed by atoms with E-state index in [9.17, 15) is 9.59 Å². The largest absolute Gasteiger partial charge is 0.368 e. The van der Waals surface area contributed by atoms with Gasteiger partial charge >= 0.3 is 0 Å². The van der Waals surface area contributed by atoms with Gasteiger partial charge in [-0.25, -0.2) is 4.98 Å². The molecule has 38 heavy (non-hydrogen) atoms. The van der Waals surface area contributed by atoms with Crippen LogP contribution in [0.4, 0.5) is 0 Å². The molecule has 0 saturated carbocycles. The third-order valence-corrected chi connectivity index (χ3v) is 7.57. The van der Waals surface area contributed by atoms with Gasteiger partial charge in [-0.1, -0.05) is 53.7 Å². The molecule has 0 radical (unpaired) electrons. The van der Waals surface area contributed by atoms with Gasteiger partial charge < -0.3 is 16.0 Å². The first-order chi connectivity index (χ1) is 17.8. The van der Waals surface area contributed by atoms with Gasteiger partial charge in [0.2, 0.25) is 5.91 Å². The number of H-pyrrole nitrogens is 1. The fourth-order valence-corrected chi connectivity index (χ4v) is 5.39. The SMILES string of the molecule is CC(C)(C)c1ccc(SC[C@H](NC(=O)c2ccc3nc(-c4ccncc4)[nH]c3c2)C(N)=O)c(C(C)(C)C)c1. The van der Waals surface area contributed by atoms with Crippen LogP contribution in [0, 0.1) is 0 Å². The third-order valence-electron chi connectivity index (χ3n) is 6.41. The van der Waals surface area contributed by atoms with Crippen molar-refractivity contribution in [1.82, 2.24) is 20.3 Å². The quantitative estimate of drug-likeness (QED) is 0.270. The highest BCUT2D eigenvalue weighted by Gasteiger charge is 2.25. The molecule has 2 heterocycles. The van der Waals surface area contributed by atoms with Gasteiger partial charge in [-0.3, -0.25) is 14.6 Å². The Bertz CT molecular complexity index is 1470. The smallest absolute Gasteiger partial charge is 0.252 e. The first-order valence-corrected chi connectivity index (χ1v) is 13.6. The fourth-order valence-electron chi connectivity index (χ4n) is 4.12. The number of fused-ring (bicyclic) bond motifs is 1. The normalized spacial score (nSPS) is 12.9. The molecule has 0 aliphatic heterocycles. The molecule has 2 aromatic heterocycles. The predicted molar refractivity (Wildman–Crippen MR) is 154 cm³/mol. The van der Waals surface area contributed by atoms with Crippen LogP contribution in [-0.2, 0) is 15.6 Å². The van der Waals surface area contributed by atoms with Crippen molar-refractivity contribution in [2.75, 3.05) is 5.75 Å². The number of primary amides is 1. The molecular formula is C30H35N5O2S. The number of imidazole rings is 1. The van der Waals surface area contributed by atoms with Crippen molar-refractivity contribution in [3.63, 3.8) is 0 Å². The van der Waals surface area contributed by atoms with Crippen molar-refractivity contribution in [2.24, 2.45) is 5.73 Å². The van der Waals surface area contributed by atoms with Gasteiger partial charge in [0.15, 0.2) is 0 Å². The summed E-state index contributed by atoms with van der Waals surface area (Å²) in [6.45, 7) is 13.1. The third kappa shape index (κ3) is 6.25. The minimum Gasteiger partial charge on any atom is -0.368 e. The lowest BCUT2D eigenvalue weighted by atomic mass is 9.81. The molecule has 0 bridgehead atoms. The van der Waals surface area contributed by atoms with Crippen LogP contribution in [0.3, 0.4) is 0 Å². The maximum absolute atomic E-state index is 13.1. The Kier molecular flexibility index (Phi) is 7.65. The van der Waals surface area contributed by atoms with E-state index >= 15 is 0 Å². The van der Waals surface area contributed by atoms with Crippen LogP contribution in [0.1, 0.15) is 63.0 Å². The van der Waals surface area contributed by atoms with Crippen molar-refractivity contribution < 1.29 is 9.59 Å². The molecule has 2 amide bonds. The van der Waals surface area contributed by atoms with E-state index in [0.29, 0.717) is 17.1 Å². The average Bonchev–Trinajstić information content (AvgIpc) is 3.29. The summed E-state index contributed by atoms with van der Waals surface area (Å²) in [7, 11) is 0. The molecule has 7 nitrogen and oxygen atoms in total. The Balaban J connectivity index is 1.51. The lowest BCUT2D eigenvalue weighted by Crippen LogP contribution is -2.46. The van der Waals surface area contributed by atoms with Crippen molar-refractivity contribution >= 4 is 34.6 Å². The molecule has 2 aromatic carbocycles. The molecule has 0 unspecified atom stereocenters. The van der Waals surface area contributed by atoms with Gasteiger partial charge in [0.05, 0.1) is 11.0 Å². The average molecular weight is 530 g/mol. The van der Waals surface area contributed by atoms with Gasteiger partial charge in [-0.15, -0.1) is 11.8 Å². The van der Waals surface area contributed by atoms with Crippen LogP contribution in [0.2, 0.25) is 0 Å². The van der Waals surface area contributed by atoms with Crippen LogP contribution < -0.4 is 11.1 Å². The zero-order valence-corrected chi connectivity index (χ0v) is 23.6. The zero-order valence-electron chi connectivity index (χ0n) is 22.8. The molecule has 0 fully saturated rings. The number of hydrogen-bond acceptors (Lipinski definition) is 5. The lowest BCUT2D eigenvalue weighted by Gasteiger charge is -2.27. The molecule has 0 aliphatic carbocycles. The van der Waals surface area contributed by atoms with Gasteiger partial charge in [0, 0.05) is 34.2 Å². The van der Waals surface area contributed by atoms with Gasteiger partial charge in [0.1, 0.15) is 11.9 Å². The number of rotatable bonds is 7. The number of nitrogens with zero attached hydrogens (tertiary/aromatic N) is 2. The molecular weight excluding hydrogens is 494 g/mol. The number of thioether (sulfide) groups is 1. The predicted octanol–water partition coefficient (Wildman–Crippen LogP) is 5.60. The maximum atomic E-state index is 13.1. The number of amides is 2. The van der Waals surface area contributed by atoms with E-state index in [-0.39, 0.29) is 16.7 Å². The van der Waals surface area contributed by atoms with Crippen LogP contribution in [-0.4, -0.2) is 38.6 Å². The van der Waals surface area contributed by atoms with Gasteiger partial charge in [-0.05, 0) is 58.4 Å². The second kappa shape index (κ2) is 10.6. The summed E-state index contributed by atoms with van der Waals surface area (Å²) in [6, 6.07) is 14.6. The van der Waals surface area contributed by atoms with Crippen LogP contribution in [0.15, 0.2) is 65.8 Å². The molecule has 198 valence electrons. The summed E-state index contributed by atoms with van der Waals surface area (Å²) in [5.41, 5.74) is 10.9. The molecule has 0 spiro atoms. The van der Waals surface area contributed by atoms with E-state index < -0.39 is 11.9 Å². The van der Waals surface area contributed by atoms with Crippen LogP contribution in [0.25, 0.3) is 22.4 Å². The molecule has 4 rings (SSSR count). The Morgan fingerprint density at radius 3 is 2.32 bits per heavy atom. The van der Waals surface area contributed by atoms with Gasteiger partial charge in [-0.2, -0.15) is 0 Å². The van der Waals surface area contributed by atoms with Crippen molar-refractivity contribution in [1.29, 1.82) is 0 Å². The van der Waals surface area contributed by atoms with E-state index in [1.165, 1.54) is 22.9 Å². The van der Waals surface area contributed by atoms with Crippen molar-refractivity contribution in [3.8, 4) is 11.4 Å². The Hall–Kier alpha value is -3.65. The topological polar surface area (TPSA) is 114 Å². The maximum Gasteiger partial charge on any atom is 0.252 e. The minimum atomic E-state index is -0.826. The minimum absolute atomic E-state index is 0.0295. The van der Waals surface area contributed by atoms with E-state index in [1.54, 1.807) is 30.6 Å². The second-order valence-electron chi connectivity index (χ2n) is 11.5. The molecule has 0 aliphatic rings. The van der Waals surface area contributed by atoms with E-state index in [1.807, 2.05) is 12.1 Å². The second-order valence-corrected chi connectivity index (χ2v) is 12.6. The first-order valence-electron chi connectivity index (χ1n) is 12.6. The highest BCUT2D eigenvalue weighted by atomic mass is 32.2. The number of carbonyl (C=O) groups excluding carboxylic acids is 2. The molecule has 1 atom stereocenters. The lowest BCUT2D eigenvalue weighted by molar-refractivity contribution is -0.119. The Labute approximate surface area is 228 Å². The Morgan fingerprint density at radius 2 is 1.68 bits per heavy atom. The summed E-state index contributed by atoms with van der Waals surface area (Å²) < 4.78 is 0. The van der Waals surface area contributed by atoms with E-state index in [0.717, 1.165) is 21.5 Å². The zero-order chi connectivity index (χ0) is 27.7. The number of carbonyl (C=O) groups is 2. The molecule has 4 N–H and O–H groups in total. The van der Waals surface area contributed by atoms with Crippen LogP contribution >= 0.6 is 11.8 Å². The van der Waals surface area contributed by atoms with E-state index in [4.69, 9.17) is 5.73 Å². The molecule has 0 saturated heterocycles. The standard InChI is InChI=1S/C30H35N5O2S/c1-29(2,3)20-8-10-25(21(16-20)30(4,5)6)38-17-24(26(31)36)35-28(37)19-7-9-22-23(15-19)34-27(33-22)18-11-13-32-14-12-18/h7-16,24H,17H2,1-6H3,(H2,31,36)(H,33,34)(H,35,37)/t24-/m0/s1. The highest BCUT2D eigenvalue weighted by Crippen LogP contribution is 2.36. The number of aromatic nitrogens is 3. The number of pyridine rings is 1. The number of nitrogens with one attached hydrogen (secondary N) is 2. The number of aromatic amines is 1. The number of benzene rings is 2. The fraction of sp³-hybridized carbons (Fsp3) is 0.333. The molecule has 4 aromatic rings. The van der Waals surface area contributed by atoms with Crippen molar-refractivity contribution in [3.05, 3.63) is 77.6 Å². The Morgan fingerprint density at radius 1 is 0.974 bits per heavy atom. The summed E-state index contributed by atoms with van der Waals surface area (Å²) >= 11 is 1.53. The van der Waals surface area contributed by atoms with Crippen LogP contribution in [0.5, 0.6) is 0 Å². The summed E-state index contributed by atoms with van der Waals surface area (Å²) in [5, 5.41) is 2.82. The first kappa shape index (κ1) is 27.4. The number of nitrogens with two attached hydrogens (primary N) is 1. The summed E-state index contributed by atoms with van der Waals surface area (Å²) in [6.07, 6.45) is 3.40. The van der Waals surface area contributed by atoms with E-state index in [2.05, 4.69) is 80.0 Å². The summed E-state index contributed by atoms with van der Waals surface area (Å²) in [4.78, 5) is 38.4. The monoisotopic (exact) mass is 529 g/mol.